The minimum absolute atomic E-state index is 0.0545. The maximum absolute atomic E-state index is 11.8. The molecule has 1 heterocycles. The van der Waals surface area contributed by atoms with Gasteiger partial charge in [-0.3, -0.25) is 9.59 Å². The van der Waals surface area contributed by atoms with Crippen LogP contribution in [0.15, 0.2) is 0 Å². The lowest BCUT2D eigenvalue weighted by molar-refractivity contribution is -0.149. The van der Waals surface area contributed by atoms with Gasteiger partial charge in [0, 0.05) is 32.6 Å². The molecule has 1 saturated heterocycles. The van der Waals surface area contributed by atoms with Crippen molar-refractivity contribution in [2.45, 2.75) is 32.8 Å². The monoisotopic (exact) mass is 242 g/mol. The van der Waals surface area contributed by atoms with E-state index in [4.69, 9.17) is 4.74 Å². The number of rotatable bonds is 4. The van der Waals surface area contributed by atoms with Gasteiger partial charge in [-0.15, -0.1) is 0 Å². The minimum Gasteiger partial charge on any atom is -0.463 e. The number of likely N-dealkylation sites (N-methyl/N-ethyl adjacent to an activating group) is 1. The van der Waals surface area contributed by atoms with Crippen LogP contribution in [0.3, 0.4) is 0 Å². The van der Waals surface area contributed by atoms with Crippen LogP contribution in [0, 0.1) is 0 Å². The van der Waals surface area contributed by atoms with Crippen molar-refractivity contribution in [3.63, 3.8) is 0 Å². The predicted molar refractivity (Wildman–Crippen MR) is 64.5 cm³/mol. The van der Waals surface area contributed by atoms with E-state index >= 15 is 0 Å². The molecule has 0 bridgehead atoms. The van der Waals surface area contributed by atoms with Crippen LogP contribution >= 0.6 is 0 Å². The van der Waals surface area contributed by atoms with E-state index in [0.29, 0.717) is 0 Å². The molecule has 0 aliphatic carbocycles. The Morgan fingerprint density at radius 2 is 1.71 bits per heavy atom. The van der Waals surface area contributed by atoms with Crippen LogP contribution in [0.25, 0.3) is 0 Å². The molecule has 0 atom stereocenters. The molecule has 0 radical (unpaired) electrons. The summed E-state index contributed by atoms with van der Waals surface area (Å²) in [6.07, 6.45) is 0.333. The van der Waals surface area contributed by atoms with E-state index in [9.17, 15) is 9.59 Å². The van der Waals surface area contributed by atoms with E-state index in [1.54, 1.807) is 13.8 Å². The van der Waals surface area contributed by atoms with Crippen molar-refractivity contribution in [1.29, 1.82) is 0 Å². The second-order valence-electron chi connectivity index (χ2n) is 4.72. The van der Waals surface area contributed by atoms with Gasteiger partial charge < -0.3 is 14.5 Å². The molecule has 0 aromatic heterocycles. The van der Waals surface area contributed by atoms with Crippen LogP contribution < -0.4 is 0 Å². The van der Waals surface area contributed by atoms with E-state index in [1.165, 1.54) is 0 Å². The van der Waals surface area contributed by atoms with E-state index in [2.05, 4.69) is 4.90 Å². The first-order chi connectivity index (χ1) is 7.99. The van der Waals surface area contributed by atoms with Crippen LogP contribution in [0.2, 0.25) is 0 Å². The second-order valence-corrected chi connectivity index (χ2v) is 4.72. The van der Waals surface area contributed by atoms with Gasteiger partial charge >= 0.3 is 5.97 Å². The van der Waals surface area contributed by atoms with Crippen LogP contribution in [-0.4, -0.2) is 61.0 Å². The topological polar surface area (TPSA) is 49.9 Å². The quantitative estimate of drug-likeness (QED) is 0.673. The van der Waals surface area contributed by atoms with Crippen molar-refractivity contribution in [2.24, 2.45) is 0 Å². The number of carbonyl (C=O) groups is 2. The SMILES string of the molecule is CC(C)OC(=O)CCC(=O)N1CCN(C)CC1. The maximum Gasteiger partial charge on any atom is 0.306 e. The van der Waals surface area contributed by atoms with Crippen molar-refractivity contribution in [3.8, 4) is 0 Å². The molecule has 5 heteroatoms. The van der Waals surface area contributed by atoms with Gasteiger partial charge in [-0.05, 0) is 20.9 Å². The molecule has 5 nitrogen and oxygen atoms in total. The summed E-state index contributed by atoms with van der Waals surface area (Å²) in [4.78, 5) is 27.1. The molecular weight excluding hydrogens is 220 g/mol. The Hall–Kier alpha value is -1.10. The zero-order valence-electron chi connectivity index (χ0n) is 10.9. The smallest absolute Gasteiger partial charge is 0.306 e. The fourth-order valence-electron chi connectivity index (χ4n) is 1.74. The van der Waals surface area contributed by atoms with E-state index in [0.717, 1.165) is 26.2 Å². The molecule has 17 heavy (non-hydrogen) atoms. The lowest BCUT2D eigenvalue weighted by Gasteiger charge is -2.32. The number of nitrogens with zero attached hydrogens (tertiary/aromatic N) is 2. The average Bonchev–Trinajstić information content (AvgIpc) is 2.26. The molecular formula is C12H22N2O3. The third-order valence-corrected chi connectivity index (χ3v) is 2.77. The molecule has 1 amide bonds. The second kappa shape index (κ2) is 6.59. The number of piperazine rings is 1. The van der Waals surface area contributed by atoms with Crippen molar-refractivity contribution in [2.75, 3.05) is 33.2 Å². The summed E-state index contributed by atoms with van der Waals surface area (Å²) in [5, 5.41) is 0. The Bertz CT molecular complexity index is 271. The zero-order chi connectivity index (χ0) is 12.8. The summed E-state index contributed by atoms with van der Waals surface area (Å²) >= 11 is 0. The Balaban J connectivity index is 2.23. The van der Waals surface area contributed by atoms with Gasteiger partial charge in [0.2, 0.25) is 5.91 Å². The molecule has 1 rings (SSSR count). The molecule has 0 aromatic carbocycles. The Kier molecular flexibility index (Phi) is 5.41. The van der Waals surface area contributed by atoms with E-state index in [1.807, 2.05) is 11.9 Å². The van der Waals surface area contributed by atoms with Gasteiger partial charge in [0.05, 0.1) is 12.5 Å². The van der Waals surface area contributed by atoms with Gasteiger partial charge in [0.1, 0.15) is 0 Å². The normalized spacial score (nSPS) is 17.3. The summed E-state index contributed by atoms with van der Waals surface area (Å²) in [6.45, 7) is 6.94. The van der Waals surface area contributed by atoms with Gasteiger partial charge in [0.15, 0.2) is 0 Å². The number of hydrogen-bond donors (Lipinski definition) is 0. The molecule has 1 fully saturated rings. The van der Waals surface area contributed by atoms with Crippen molar-refractivity contribution in [3.05, 3.63) is 0 Å². The maximum atomic E-state index is 11.8. The highest BCUT2D eigenvalue weighted by atomic mass is 16.5. The summed E-state index contributed by atoms with van der Waals surface area (Å²) in [5.74, 6) is -0.235. The highest BCUT2D eigenvalue weighted by molar-refractivity contribution is 5.81. The van der Waals surface area contributed by atoms with Crippen LogP contribution in [0.1, 0.15) is 26.7 Å². The lowest BCUT2D eigenvalue weighted by atomic mass is 10.2. The lowest BCUT2D eigenvalue weighted by Crippen LogP contribution is -2.47. The van der Waals surface area contributed by atoms with E-state index < -0.39 is 0 Å². The first-order valence-electron chi connectivity index (χ1n) is 6.15. The van der Waals surface area contributed by atoms with Gasteiger partial charge in [-0.2, -0.15) is 0 Å². The van der Waals surface area contributed by atoms with Crippen LogP contribution in [0.4, 0.5) is 0 Å². The van der Waals surface area contributed by atoms with Crippen LogP contribution in [0.5, 0.6) is 0 Å². The minimum atomic E-state index is -0.289. The summed E-state index contributed by atoms with van der Waals surface area (Å²) < 4.78 is 4.99. The van der Waals surface area contributed by atoms with Crippen molar-refractivity contribution >= 4 is 11.9 Å². The Morgan fingerprint density at radius 1 is 1.12 bits per heavy atom. The molecule has 0 saturated carbocycles. The highest BCUT2D eigenvalue weighted by Crippen LogP contribution is 2.05. The Morgan fingerprint density at radius 3 is 2.24 bits per heavy atom. The standard InChI is InChI=1S/C12H22N2O3/c1-10(2)17-12(16)5-4-11(15)14-8-6-13(3)7-9-14/h10H,4-9H2,1-3H3. The predicted octanol–water partition coefficient (Wildman–Crippen LogP) is 0.492. The first kappa shape index (κ1) is 14.0. The molecule has 0 unspecified atom stereocenters. The summed E-state index contributed by atoms with van der Waals surface area (Å²) in [5.41, 5.74) is 0. The summed E-state index contributed by atoms with van der Waals surface area (Å²) in [7, 11) is 2.04. The number of carbonyl (C=O) groups excluding carboxylic acids is 2. The Labute approximate surface area is 103 Å². The van der Waals surface area contributed by atoms with Gasteiger partial charge in [-0.1, -0.05) is 0 Å². The van der Waals surface area contributed by atoms with Crippen LogP contribution in [-0.2, 0) is 14.3 Å². The van der Waals surface area contributed by atoms with Gasteiger partial charge in [0.25, 0.3) is 0 Å². The summed E-state index contributed by atoms with van der Waals surface area (Å²) in [6, 6.07) is 0. The van der Waals surface area contributed by atoms with Gasteiger partial charge in [-0.25, -0.2) is 0 Å². The number of hydrogen-bond acceptors (Lipinski definition) is 4. The third-order valence-electron chi connectivity index (χ3n) is 2.77. The number of ether oxygens (including phenoxy) is 1. The van der Waals surface area contributed by atoms with E-state index in [-0.39, 0.29) is 30.8 Å². The first-order valence-corrected chi connectivity index (χ1v) is 6.15. The molecule has 1 aliphatic rings. The number of esters is 1. The fourth-order valence-corrected chi connectivity index (χ4v) is 1.74. The average molecular weight is 242 g/mol. The van der Waals surface area contributed by atoms with Crippen molar-refractivity contribution < 1.29 is 14.3 Å². The molecule has 0 spiro atoms. The zero-order valence-corrected chi connectivity index (χ0v) is 10.9. The van der Waals surface area contributed by atoms with Crippen molar-refractivity contribution in [1.82, 2.24) is 9.80 Å². The largest absolute Gasteiger partial charge is 0.463 e. The number of amides is 1. The highest BCUT2D eigenvalue weighted by Gasteiger charge is 2.19. The molecule has 98 valence electrons. The molecule has 0 N–H and O–H groups in total. The fraction of sp³-hybridized carbons (Fsp3) is 0.833. The molecule has 0 aromatic rings. The molecule has 1 aliphatic heterocycles. The third kappa shape index (κ3) is 5.17.